The average Bonchev–Trinajstić information content (AvgIpc) is 2.62. The molecule has 0 aliphatic carbocycles. The monoisotopic (exact) mass is 311 g/mol. The number of ketones is 1. The molecule has 0 bridgehead atoms. The Morgan fingerprint density at radius 3 is 2.48 bits per heavy atom. The van der Waals surface area contributed by atoms with Crippen molar-refractivity contribution in [3.8, 4) is 5.75 Å². The van der Waals surface area contributed by atoms with Crippen LogP contribution in [0.1, 0.15) is 21.5 Å². The van der Waals surface area contributed by atoms with E-state index >= 15 is 0 Å². The van der Waals surface area contributed by atoms with Gasteiger partial charge in [0.25, 0.3) is 0 Å². The molecule has 0 unspecified atom stereocenters. The van der Waals surface area contributed by atoms with E-state index in [-0.39, 0.29) is 5.78 Å². The van der Waals surface area contributed by atoms with Gasteiger partial charge in [-0.2, -0.15) is 0 Å². The number of hydrogen-bond donors (Lipinski definition) is 0. The van der Waals surface area contributed by atoms with Gasteiger partial charge >= 0.3 is 0 Å². The van der Waals surface area contributed by atoms with Crippen LogP contribution in [0.15, 0.2) is 48.5 Å². The van der Waals surface area contributed by atoms with E-state index in [0.29, 0.717) is 5.56 Å². The van der Waals surface area contributed by atoms with Crippen LogP contribution in [0.3, 0.4) is 0 Å². The first-order valence-corrected chi connectivity index (χ1v) is 7.84. The fraction of sp³-hybridized carbons (Fsp3) is 0.316. The number of morpholine rings is 1. The number of rotatable bonds is 5. The Morgan fingerprint density at radius 2 is 1.78 bits per heavy atom. The molecule has 4 heteroatoms. The molecule has 23 heavy (non-hydrogen) atoms. The van der Waals surface area contributed by atoms with Gasteiger partial charge < -0.3 is 9.47 Å². The van der Waals surface area contributed by atoms with Crippen molar-refractivity contribution in [1.29, 1.82) is 0 Å². The third-order valence-electron chi connectivity index (χ3n) is 4.11. The van der Waals surface area contributed by atoms with Gasteiger partial charge in [0, 0.05) is 30.8 Å². The van der Waals surface area contributed by atoms with Crippen molar-refractivity contribution in [3.05, 3.63) is 65.2 Å². The van der Waals surface area contributed by atoms with Crippen molar-refractivity contribution < 1.29 is 14.3 Å². The first kappa shape index (κ1) is 15.7. The van der Waals surface area contributed by atoms with Crippen molar-refractivity contribution in [2.45, 2.75) is 6.54 Å². The summed E-state index contributed by atoms with van der Waals surface area (Å²) in [5.74, 6) is 0.805. The Bertz CT molecular complexity index is 661. The summed E-state index contributed by atoms with van der Waals surface area (Å²) in [5.41, 5.74) is 2.51. The van der Waals surface area contributed by atoms with Crippen molar-refractivity contribution in [3.63, 3.8) is 0 Å². The molecule has 0 atom stereocenters. The number of carbonyl (C=O) groups excluding carboxylic acids is 1. The fourth-order valence-electron chi connectivity index (χ4n) is 2.78. The van der Waals surface area contributed by atoms with E-state index < -0.39 is 0 Å². The maximum atomic E-state index is 12.8. The zero-order chi connectivity index (χ0) is 16.1. The lowest BCUT2D eigenvalue weighted by Crippen LogP contribution is -2.36. The zero-order valence-electron chi connectivity index (χ0n) is 13.3. The summed E-state index contributed by atoms with van der Waals surface area (Å²) in [6.45, 7) is 4.11. The summed E-state index contributed by atoms with van der Waals surface area (Å²) in [6, 6.07) is 15.1. The lowest BCUT2D eigenvalue weighted by molar-refractivity contribution is 0.0341. The van der Waals surface area contributed by atoms with Crippen LogP contribution < -0.4 is 4.74 Å². The molecule has 0 radical (unpaired) electrons. The fourth-order valence-corrected chi connectivity index (χ4v) is 2.78. The van der Waals surface area contributed by atoms with E-state index in [1.807, 2.05) is 48.5 Å². The number of ether oxygens (including phenoxy) is 2. The third-order valence-corrected chi connectivity index (χ3v) is 4.11. The van der Waals surface area contributed by atoms with Crippen LogP contribution in [-0.2, 0) is 11.3 Å². The first-order chi connectivity index (χ1) is 11.3. The molecule has 1 heterocycles. The standard InChI is InChI=1S/C19H21NO3/c1-22-17-8-6-15(7-9-17)19(21)18-5-3-2-4-16(18)14-20-10-12-23-13-11-20/h2-9H,10-14H2,1H3. The van der Waals surface area contributed by atoms with Gasteiger partial charge in [-0.3, -0.25) is 9.69 Å². The molecule has 3 rings (SSSR count). The highest BCUT2D eigenvalue weighted by Gasteiger charge is 2.17. The molecule has 1 aliphatic rings. The number of nitrogens with zero attached hydrogens (tertiary/aromatic N) is 1. The van der Waals surface area contributed by atoms with Crippen LogP contribution >= 0.6 is 0 Å². The highest BCUT2D eigenvalue weighted by Crippen LogP contribution is 2.19. The first-order valence-electron chi connectivity index (χ1n) is 7.84. The molecule has 1 fully saturated rings. The topological polar surface area (TPSA) is 38.8 Å². The lowest BCUT2D eigenvalue weighted by atomic mass is 9.98. The van der Waals surface area contributed by atoms with E-state index in [9.17, 15) is 4.79 Å². The summed E-state index contributed by atoms with van der Waals surface area (Å²) in [5, 5.41) is 0. The Hall–Kier alpha value is -2.17. The average molecular weight is 311 g/mol. The van der Waals surface area contributed by atoms with Crippen molar-refractivity contribution in [2.75, 3.05) is 33.4 Å². The van der Waals surface area contributed by atoms with Gasteiger partial charge in [-0.15, -0.1) is 0 Å². The number of benzene rings is 2. The largest absolute Gasteiger partial charge is 0.497 e. The van der Waals surface area contributed by atoms with Gasteiger partial charge in [-0.25, -0.2) is 0 Å². The highest BCUT2D eigenvalue weighted by atomic mass is 16.5. The zero-order valence-corrected chi connectivity index (χ0v) is 13.3. The normalized spacial score (nSPS) is 15.3. The molecule has 0 spiro atoms. The molecule has 2 aromatic rings. The van der Waals surface area contributed by atoms with Crippen LogP contribution in [0.5, 0.6) is 5.75 Å². The Balaban J connectivity index is 1.81. The molecule has 0 aromatic heterocycles. The second-order valence-electron chi connectivity index (χ2n) is 5.60. The van der Waals surface area contributed by atoms with Gasteiger partial charge in [0.05, 0.1) is 20.3 Å². The maximum absolute atomic E-state index is 12.8. The SMILES string of the molecule is COc1ccc(C(=O)c2ccccc2CN2CCOCC2)cc1. The van der Waals surface area contributed by atoms with Gasteiger partial charge in [-0.05, 0) is 29.8 Å². The Kier molecular flexibility index (Phi) is 5.05. The van der Waals surface area contributed by atoms with Crippen LogP contribution in [0.25, 0.3) is 0 Å². The van der Waals surface area contributed by atoms with Gasteiger partial charge in [0.15, 0.2) is 5.78 Å². The van der Waals surface area contributed by atoms with E-state index in [1.54, 1.807) is 7.11 Å². The summed E-state index contributed by atoms with van der Waals surface area (Å²) in [4.78, 5) is 15.1. The summed E-state index contributed by atoms with van der Waals surface area (Å²) in [7, 11) is 1.62. The van der Waals surface area contributed by atoms with Crippen molar-refractivity contribution >= 4 is 5.78 Å². The molecule has 1 aliphatic heterocycles. The number of carbonyl (C=O) groups is 1. The highest BCUT2D eigenvalue weighted by molar-refractivity contribution is 6.09. The Labute approximate surface area is 136 Å². The number of hydrogen-bond acceptors (Lipinski definition) is 4. The summed E-state index contributed by atoms with van der Waals surface area (Å²) in [6.07, 6.45) is 0. The molecule has 2 aromatic carbocycles. The van der Waals surface area contributed by atoms with Crippen LogP contribution in [0, 0.1) is 0 Å². The second kappa shape index (κ2) is 7.40. The minimum Gasteiger partial charge on any atom is -0.497 e. The molecule has 1 saturated heterocycles. The third kappa shape index (κ3) is 3.78. The smallest absolute Gasteiger partial charge is 0.193 e. The van der Waals surface area contributed by atoms with Crippen molar-refractivity contribution in [1.82, 2.24) is 4.90 Å². The van der Waals surface area contributed by atoms with E-state index in [2.05, 4.69) is 4.90 Å². The van der Waals surface area contributed by atoms with Gasteiger partial charge in [0.1, 0.15) is 5.75 Å². The predicted molar refractivity (Wildman–Crippen MR) is 89.0 cm³/mol. The molecule has 0 N–H and O–H groups in total. The molecule has 0 amide bonds. The van der Waals surface area contributed by atoms with Gasteiger partial charge in [0.2, 0.25) is 0 Å². The molecule has 0 saturated carbocycles. The van der Waals surface area contributed by atoms with E-state index in [4.69, 9.17) is 9.47 Å². The quantitative estimate of drug-likeness (QED) is 0.796. The molecular weight excluding hydrogens is 290 g/mol. The molecular formula is C19H21NO3. The van der Waals surface area contributed by atoms with E-state index in [1.165, 1.54) is 0 Å². The van der Waals surface area contributed by atoms with Gasteiger partial charge in [-0.1, -0.05) is 24.3 Å². The minimum atomic E-state index is 0.0523. The van der Waals surface area contributed by atoms with E-state index in [0.717, 1.165) is 49.7 Å². The lowest BCUT2D eigenvalue weighted by Gasteiger charge is -2.27. The van der Waals surface area contributed by atoms with Crippen molar-refractivity contribution in [2.24, 2.45) is 0 Å². The summed E-state index contributed by atoms with van der Waals surface area (Å²) < 4.78 is 10.5. The summed E-state index contributed by atoms with van der Waals surface area (Å²) >= 11 is 0. The van der Waals surface area contributed by atoms with Crippen LogP contribution in [-0.4, -0.2) is 44.1 Å². The minimum absolute atomic E-state index is 0.0523. The maximum Gasteiger partial charge on any atom is 0.193 e. The Morgan fingerprint density at radius 1 is 1.09 bits per heavy atom. The van der Waals surface area contributed by atoms with Crippen LogP contribution in [0.4, 0.5) is 0 Å². The predicted octanol–water partition coefficient (Wildman–Crippen LogP) is 2.76. The second-order valence-corrected chi connectivity index (χ2v) is 5.60. The molecule has 120 valence electrons. The van der Waals surface area contributed by atoms with Crippen LogP contribution in [0.2, 0.25) is 0 Å². The number of methoxy groups -OCH3 is 1. The molecule has 4 nitrogen and oxygen atoms in total.